The molecule has 1 N–H and O–H groups in total. The molecule has 5 heteroatoms. The molecule has 2 rings (SSSR count). The zero-order valence-electron chi connectivity index (χ0n) is 11.0. The monoisotopic (exact) mass is 389 g/mol. The van der Waals surface area contributed by atoms with Crippen LogP contribution in [0, 0.1) is 3.57 Å². The van der Waals surface area contributed by atoms with Crippen LogP contribution < -0.4 is 5.32 Å². The normalized spacial score (nSPS) is 12.6. The number of aryl methyl sites for hydroxylation is 1. The van der Waals surface area contributed by atoms with Gasteiger partial charge in [-0.05, 0) is 59.3 Å². The summed E-state index contributed by atoms with van der Waals surface area (Å²) in [5.74, 6) is 1.01. The van der Waals surface area contributed by atoms with Crippen LogP contribution in [0.5, 0.6) is 0 Å². The van der Waals surface area contributed by atoms with Crippen LogP contribution >= 0.6 is 34.2 Å². The third kappa shape index (κ3) is 3.49. The lowest BCUT2D eigenvalue weighted by Gasteiger charge is -2.20. The smallest absolute Gasteiger partial charge is 0.130 e. The van der Waals surface area contributed by atoms with Gasteiger partial charge in [0.05, 0.1) is 6.04 Å². The third-order valence-corrected chi connectivity index (χ3v) is 4.20. The maximum atomic E-state index is 6.14. The minimum Gasteiger partial charge on any atom is -0.336 e. The Balaban J connectivity index is 2.42. The quantitative estimate of drug-likeness (QED) is 0.789. The fourth-order valence-corrected chi connectivity index (χ4v) is 2.85. The van der Waals surface area contributed by atoms with E-state index in [1.807, 2.05) is 42.2 Å². The fourth-order valence-electron chi connectivity index (χ4n) is 2.02. The zero-order valence-corrected chi connectivity index (χ0v) is 13.9. The summed E-state index contributed by atoms with van der Waals surface area (Å²) in [5, 5.41) is 4.31. The second-order valence-corrected chi connectivity index (χ2v) is 6.05. The van der Waals surface area contributed by atoms with Gasteiger partial charge in [0, 0.05) is 28.0 Å². The number of aromatic nitrogens is 2. The summed E-state index contributed by atoms with van der Waals surface area (Å²) >= 11 is 8.48. The van der Waals surface area contributed by atoms with E-state index in [0.717, 1.165) is 23.8 Å². The number of hydrogen-bond donors (Lipinski definition) is 1. The highest BCUT2D eigenvalue weighted by atomic mass is 127. The van der Waals surface area contributed by atoms with Gasteiger partial charge in [-0.1, -0.05) is 18.5 Å². The Morgan fingerprint density at radius 3 is 2.89 bits per heavy atom. The molecule has 0 bridgehead atoms. The average Bonchev–Trinajstić information content (AvgIpc) is 2.80. The maximum absolute atomic E-state index is 6.14. The second-order valence-electron chi connectivity index (χ2n) is 4.45. The molecule has 1 atom stereocenters. The van der Waals surface area contributed by atoms with E-state index in [1.165, 1.54) is 9.13 Å². The summed E-state index contributed by atoms with van der Waals surface area (Å²) in [6.07, 6.45) is 4.87. The molecule has 0 spiro atoms. The molecule has 0 aliphatic rings. The van der Waals surface area contributed by atoms with E-state index < -0.39 is 0 Å². The van der Waals surface area contributed by atoms with E-state index in [9.17, 15) is 0 Å². The minimum absolute atomic E-state index is 0.0746. The van der Waals surface area contributed by atoms with Crippen molar-refractivity contribution >= 4 is 34.2 Å². The number of halogens is 2. The molecule has 0 saturated heterocycles. The minimum atomic E-state index is 0.0746. The van der Waals surface area contributed by atoms with Crippen LogP contribution in [0.1, 0.15) is 30.8 Å². The fraction of sp³-hybridized carbons (Fsp3) is 0.357. The molecule has 1 heterocycles. The predicted molar refractivity (Wildman–Crippen MR) is 87.5 cm³/mol. The Morgan fingerprint density at radius 1 is 1.47 bits per heavy atom. The number of nitrogens with one attached hydrogen (secondary N) is 1. The standard InChI is InChI=1S/C14H17ClIN3/c1-3-6-17-13(14-18-7-8-19(14)2)11-9-10(15)4-5-12(11)16/h4-5,7-9,13,17H,3,6H2,1-2H3. The lowest BCUT2D eigenvalue weighted by Crippen LogP contribution is -2.26. The number of nitrogens with zero attached hydrogens (tertiary/aromatic N) is 2. The molecule has 1 aromatic heterocycles. The van der Waals surface area contributed by atoms with Crippen LogP contribution in [0.25, 0.3) is 0 Å². The molecular formula is C14H17ClIN3. The van der Waals surface area contributed by atoms with Crippen molar-refractivity contribution in [1.29, 1.82) is 0 Å². The van der Waals surface area contributed by atoms with Crippen molar-refractivity contribution in [3.05, 3.63) is 50.6 Å². The Morgan fingerprint density at radius 2 is 2.26 bits per heavy atom. The molecule has 1 unspecified atom stereocenters. The van der Waals surface area contributed by atoms with Gasteiger partial charge >= 0.3 is 0 Å². The van der Waals surface area contributed by atoms with Crippen LogP contribution in [0.2, 0.25) is 5.02 Å². The van der Waals surface area contributed by atoms with Gasteiger partial charge in [-0.25, -0.2) is 4.98 Å². The molecule has 0 aliphatic carbocycles. The van der Waals surface area contributed by atoms with Gasteiger partial charge in [-0.15, -0.1) is 0 Å². The van der Waals surface area contributed by atoms with Crippen molar-refractivity contribution in [2.45, 2.75) is 19.4 Å². The molecule has 0 saturated carbocycles. The molecule has 0 amide bonds. The lowest BCUT2D eigenvalue weighted by molar-refractivity contribution is 0.554. The van der Waals surface area contributed by atoms with Crippen molar-refractivity contribution in [3.63, 3.8) is 0 Å². The number of benzene rings is 1. The maximum Gasteiger partial charge on any atom is 0.130 e. The first kappa shape index (κ1) is 14.8. The van der Waals surface area contributed by atoms with Gasteiger partial charge in [-0.2, -0.15) is 0 Å². The van der Waals surface area contributed by atoms with Crippen LogP contribution in [-0.2, 0) is 7.05 Å². The third-order valence-electron chi connectivity index (χ3n) is 2.98. The number of imidazole rings is 1. The van der Waals surface area contributed by atoms with Crippen molar-refractivity contribution in [1.82, 2.24) is 14.9 Å². The molecule has 102 valence electrons. The number of hydrogen-bond acceptors (Lipinski definition) is 2. The average molecular weight is 390 g/mol. The summed E-state index contributed by atoms with van der Waals surface area (Å²) < 4.78 is 3.24. The molecule has 0 aliphatic heterocycles. The van der Waals surface area contributed by atoms with E-state index in [2.05, 4.69) is 39.8 Å². The summed E-state index contributed by atoms with van der Waals surface area (Å²) in [5.41, 5.74) is 1.18. The summed E-state index contributed by atoms with van der Waals surface area (Å²) in [4.78, 5) is 4.47. The van der Waals surface area contributed by atoms with Crippen LogP contribution in [0.3, 0.4) is 0 Å². The largest absolute Gasteiger partial charge is 0.336 e. The molecule has 3 nitrogen and oxygen atoms in total. The van der Waals surface area contributed by atoms with E-state index in [1.54, 1.807) is 0 Å². The van der Waals surface area contributed by atoms with Gasteiger partial charge in [0.25, 0.3) is 0 Å². The molecule has 1 aromatic carbocycles. The van der Waals surface area contributed by atoms with Crippen molar-refractivity contribution in [2.24, 2.45) is 7.05 Å². The highest BCUT2D eigenvalue weighted by molar-refractivity contribution is 14.1. The molecule has 2 aromatic rings. The van der Waals surface area contributed by atoms with E-state index in [-0.39, 0.29) is 6.04 Å². The van der Waals surface area contributed by atoms with Gasteiger partial charge in [-0.3, -0.25) is 0 Å². The first-order chi connectivity index (χ1) is 9.13. The van der Waals surface area contributed by atoms with Crippen molar-refractivity contribution < 1.29 is 0 Å². The molecule has 19 heavy (non-hydrogen) atoms. The Labute approximate surface area is 132 Å². The topological polar surface area (TPSA) is 29.9 Å². The van der Waals surface area contributed by atoms with Crippen LogP contribution in [-0.4, -0.2) is 16.1 Å². The van der Waals surface area contributed by atoms with Gasteiger partial charge in [0.15, 0.2) is 0 Å². The Bertz CT molecular complexity index is 553. The summed E-state index contributed by atoms with van der Waals surface area (Å²) in [6, 6.07) is 6.06. The SMILES string of the molecule is CCCNC(c1cc(Cl)ccc1I)c1nccn1C. The molecule has 0 radical (unpaired) electrons. The highest BCUT2D eigenvalue weighted by Gasteiger charge is 2.20. The summed E-state index contributed by atoms with van der Waals surface area (Å²) in [6.45, 7) is 3.10. The van der Waals surface area contributed by atoms with E-state index in [0.29, 0.717) is 0 Å². The van der Waals surface area contributed by atoms with Crippen molar-refractivity contribution in [3.8, 4) is 0 Å². The van der Waals surface area contributed by atoms with Crippen molar-refractivity contribution in [2.75, 3.05) is 6.54 Å². The highest BCUT2D eigenvalue weighted by Crippen LogP contribution is 2.27. The number of rotatable bonds is 5. The molecule has 0 fully saturated rings. The first-order valence-corrected chi connectivity index (χ1v) is 7.74. The van der Waals surface area contributed by atoms with Gasteiger partial charge < -0.3 is 9.88 Å². The predicted octanol–water partition coefficient (Wildman–Crippen LogP) is 3.77. The van der Waals surface area contributed by atoms with Crippen LogP contribution in [0.15, 0.2) is 30.6 Å². The first-order valence-electron chi connectivity index (χ1n) is 6.29. The van der Waals surface area contributed by atoms with E-state index in [4.69, 9.17) is 11.6 Å². The van der Waals surface area contributed by atoms with Gasteiger partial charge in [0.2, 0.25) is 0 Å². The zero-order chi connectivity index (χ0) is 13.8. The van der Waals surface area contributed by atoms with Gasteiger partial charge in [0.1, 0.15) is 5.82 Å². The lowest BCUT2D eigenvalue weighted by atomic mass is 10.1. The molecular weight excluding hydrogens is 373 g/mol. The Hall–Kier alpha value is -0.590. The second kappa shape index (κ2) is 6.72. The Kier molecular flexibility index (Phi) is 5.24. The van der Waals surface area contributed by atoms with Crippen LogP contribution in [0.4, 0.5) is 0 Å². The van der Waals surface area contributed by atoms with E-state index >= 15 is 0 Å². The summed E-state index contributed by atoms with van der Waals surface area (Å²) in [7, 11) is 2.01.